The van der Waals surface area contributed by atoms with Crippen LogP contribution >= 0.6 is 39.1 Å². The molecule has 0 aliphatic carbocycles. The largest absolute Gasteiger partial charge is 0.493 e. The molecule has 0 saturated carbocycles. The molecule has 0 unspecified atom stereocenters. The van der Waals surface area contributed by atoms with Crippen LogP contribution in [0.15, 0.2) is 95.0 Å². The number of rotatable bonds is 10. The molecule has 6 nitrogen and oxygen atoms in total. The number of anilines is 1. The molecule has 0 aliphatic rings. The zero-order chi connectivity index (χ0) is 28.5. The van der Waals surface area contributed by atoms with E-state index in [4.69, 9.17) is 37.4 Å². The Kier molecular flexibility index (Phi) is 10.1. The molecule has 9 heteroatoms. The second kappa shape index (κ2) is 13.9. The molecule has 0 bridgehead atoms. The molecular weight excluding hydrogens is 615 g/mol. The van der Waals surface area contributed by atoms with Gasteiger partial charge in [0.05, 0.1) is 7.11 Å². The van der Waals surface area contributed by atoms with Crippen molar-refractivity contribution in [3.05, 3.63) is 122 Å². The van der Waals surface area contributed by atoms with Gasteiger partial charge in [-0.25, -0.2) is 0 Å². The highest BCUT2D eigenvalue weighted by molar-refractivity contribution is 9.10. The van der Waals surface area contributed by atoms with Gasteiger partial charge in [-0.1, -0.05) is 63.4 Å². The topological polar surface area (TPSA) is 80.6 Å². The predicted molar refractivity (Wildman–Crippen MR) is 161 cm³/mol. The molecule has 202 valence electrons. The fourth-order valence-corrected chi connectivity index (χ4v) is 4.31. The van der Waals surface area contributed by atoms with E-state index in [-0.39, 0.29) is 12.2 Å². The van der Waals surface area contributed by atoms with Gasteiger partial charge in [0, 0.05) is 25.8 Å². The van der Waals surface area contributed by atoms with Crippen molar-refractivity contribution < 1.29 is 19.0 Å². The number of nitriles is 1. The van der Waals surface area contributed by atoms with Crippen LogP contribution in [0.25, 0.3) is 6.08 Å². The molecule has 0 radical (unpaired) electrons. The Morgan fingerprint density at radius 2 is 1.68 bits per heavy atom. The maximum Gasteiger partial charge on any atom is 0.266 e. The highest BCUT2D eigenvalue weighted by Gasteiger charge is 2.12. The zero-order valence-corrected chi connectivity index (χ0v) is 24.4. The van der Waals surface area contributed by atoms with Crippen LogP contribution in [-0.4, -0.2) is 13.0 Å². The summed E-state index contributed by atoms with van der Waals surface area (Å²) in [6, 6.07) is 27.0. The molecule has 4 rings (SSSR count). The lowest BCUT2D eigenvalue weighted by molar-refractivity contribution is -0.112. The van der Waals surface area contributed by atoms with Gasteiger partial charge in [0.1, 0.15) is 30.6 Å². The second-order valence-corrected chi connectivity index (χ2v) is 10.3. The lowest BCUT2D eigenvalue weighted by Gasteiger charge is -2.12. The van der Waals surface area contributed by atoms with E-state index >= 15 is 0 Å². The van der Waals surface area contributed by atoms with Crippen LogP contribution in [0.4, 0.5) is 5.69 Å². The summed E-state index contributed by atoms with van der Waals surface area (Å²) in [4.78, 5) is 12.8. The van der Waals surface area contributed by atoms with Gasteiger partial charge < -0.3 is 19.5 Å². The average molecular weight is 638 g/mol. The van der Waals surface area contributed by atoms with Crippen molar-refractivity contribution in [3.8, 4) is 23.3 Å². The summed E-state index contributed by atoms with van der Waals surface area (Å²) in [5.41, 5.74) is 2.86. The van der Waals surface area contributed by atoms with E-state index in [9.17, 15) is 10.1 Å². The first-order chi connectivity index (χ1) is 19.3. The molecule has 0 heterocycles. The Morgan fingerprint density at radius 1 is 0.925 bits per heavy atom. The number of benzene rings is 4. The van der Waals surface area contributed by atoms with Crippen molar-refractivity contribution in [2.75, 3.05) is 12.4 Å². The molecule has 40 heavy (non-hydrogen) atoms. The highest BCUT2D eigenvalue weighted by Crippen LogP contribution is 2.31. The van der Waals surface area contributed by atoms with E-state index < -0.39 is 5.91 Å². The van der Waals surface area contributed by atoms with Gasteiger partial charge in [-0.3, -0.25) is 4.79 Å². The van der Waals surface area contributed by atoms with Crippen LogP contribution in [0.1, 0.15) is 16.7 Å². The maximum absolute atomic E-state index is 12.8. The van der Waals surface area contributed by atoms with Crippen LogP contribution in [0, 0.1) is 11.3 Å². The van der Waals surface area contributed by atoms with Gasteiger partial charge in [0.25, 0.3) is 5.91 Å². The summed E-state index contributed by atoms with van der Waals surface area (Å²) in [5.74, 6) is 1.04. The van der Waals surface area contributed by atoms with Gasteiger partial charge in [-0.15, -0.1) is 0 Å². The SMILES string of the molecule is COc1cc(/C=C(\C#N)C(=O)Nc2ccc(OCc3ccc(Br)cc3)cc2)ccc1OCc1ccc(Cl)cc1Cl. The van der Waals surface area contributed by atoms with Crippen LogP contribution in [0.3, 0.4) is 0 Å². The molecule has 4 aromatic rings. The quantitative estimate of drug-likeness (QED) is 0.139. The van der Waals surface area contributed by atoms with Gasteiger partial charge in [0.15, 0.2) is 11.5 Å². The number of carbonyl (C=O) groups is 1. The van der Waals surface area contributed by atoms with Crippen LogP contribution in [0.5, 0.6) is 17.2 Å². The molecule has 0 atom stereocenters. The number of hydrogen-bond acceptors (Lipinski definition) is 5. The fraction of sp³-hybridized carbons (Fsp3) is 0.0968. The highest BCUT2D eigenvalue weighted by atomic mass is 79.9. The molecule has 0 fully saturated rings. The zero-order valence-electron chi connectivity index (χ0n) is 21.3. The lowest BCUT2D eigenvalue weighted by Crippen LogP contribution is -2.13. The minimum Gasteiger partial charge on any atom is -0.493 e. The van der Waals surface area contributed by atoms with Crippen molar-refractivity contribution >= 4 is 56.8 Å². The fourth-order valence-electron chi connectivity index (χ4n) is 3.58. The number of methoxy groups -OCH3 is 1. The summed E-state index contributed by atoms with van der Waals surface area (Å²) < 4.78 is 18.1. The predicted octanol–water partition coefficient (Wildman–Crippen LogP) is 8.47. The van der Waals surface area contributed by atoms with E-state index in [2.05, 4.69) is 21.2 Å². The first kappa shape index (κ1) is 29.0. The Labute approximate surface area is 250 Å². The average Bonchev–Trinajstić information content (AvgIpc) is 2.96. The van der Waals surface area contributed by atoms with E-state index in [1.165, 1.54) is 13.2 Å². The Hall–Kier alpha value is -3.96. The van der Waals surface area contributed by atoms with E-state index in [1.54, 1.807) is 60.7 Å². The number of amides is 1. The van der Waals surface area contributed by atoms with E-state index in [1.807, 2.05) is 30.3 Å². The van der Waals surface area contributed by atoms with E-state index in [0.717, 1.165) is 15.6 Å². The van der Waals surface area contributed by atoms with Crippen molar-refractivity contribution in [1.82, 2.24) is 0 Å². The first-order valence-electron chi connectivity index (χ1n) is 12.0. The minimum absolute atomic E-state index is 0.0702. The Bertz CT molecular complexity index is 1570. The number of nitrogens with zero attached hydrogens (tertiary/aromatic N) is 1. The minimum atomic E-state index is -0.539. The second-order valence-electron chi connectivity index (χ2n) is 8.50. The number of hydrogen-bond donors (Lipinski definition) is 1. The molecule has 0 spiro atoms. The molecular formula is C31H23BrCl2N2O4. The van der Waals surface area contributed by atoms with Gasteiger partial charge in [-0.2, -0.15) is 5.26 Å². The maximum atomic E-state index is 12.8. The molecule has 1 N–H and O–H groups in total. The van der Waals surface area contributed by atoms with Crippen molar-refractivity contribution in [2.45, 2.75) is 13.2 Å². The molecule has 0 aromatic heterocycles. The molecule has 0 saturated heterocycles. The molecule has 1 amide bonds. The summed E-state index contributed by atoms with van der Waals surface area (Å²) in [7, 11) is 1.51. The van der Waals surface area contributed by atoms with Gasteiger partial charge >= 0.3 is 0 Å². The third-order valence-electron chi connectivity index (χ3n) is 5.69. The van der Waals surface area contributed by atoms with Gasteiger partial charge in [-0.05, 0) is 77.9 Å². The summed E-state index contributed by atoms with van der Waals surface area (Å²) >= 11 is 15.6. The van der Waals surface area contributed by atoms with Crippen LogP contribution in [-0.2, 0) is 18.0 Å². The number of nitrogens with one attached hydrogen (secondary N) is 1. The lowest BCUT2D eigenvalue weighted by atomic mass is 10.1. The van der Waals surface area contributed by atoms with Crippen molar-refractivity contribution in [3.63, 3.8) is 0 Å². The van der Waals surface area contributed by atoms with Gasteiger partial charge in [0.2, 0.25) is 0 Å². The standard InChI is InChI=1S/C31H23BrCl2N2O4/c1-38-30-15-21(4-13-29(30)40-19-22-5-8-25(33)16-28(22)34)14-23(17-35)31(37)36-26-9-11-27(12-10-26)39-18-20-2-6-24(32)7-3-20/h2-16H,18-19H2,1H3,(H,36,37)/b23-14+. The van der Waals surface area contributed by atoms with E-state index in [0.29, 0.717) is 45.2 Å². The molecule has 4 aromatic carbocycles. The van der Waals surface area contributed by atoms with Crippen LogP contribution < -0.4 is 19.5 Å². The smallest absolute Gasteiger partial charge is 0.266 e. The number of carbonyl (C=O) groups excluding carboxylic acids is 1. The normalized spacial score (nSPS) is 10.9. The van der Waals surface area contributed by atoms with Crippen LogP contribution in [0.2, 0.25) is 10.0 Å². The Balaban J connectivity index is 1.38. The third-order valence-corrected chi connectivity index (χ3v) is 6.81. The summed E-state index contributed by atoms with van der Waals surface area (Å²) in [5, 5.41) is 13.4. The Morgan fingerprint density at radius 3 is 2.35 bits per heavy atom. The van der Waals surface area contributed by atoms with Crippen molar-refractivity contribution in [2.24, 2.45) is 0 Å². The third kappa shape index (κ3) is 8.03. The van der Waals surface area contributed by atoms with Crippen molar-refractivity contribution in [1.29, 1.82) is 5.26 Å². The first-order valence-corrected chi connectivity index (χ1v) is 13.5. The summed E-state index contributed by atoms with van der Waals surface area (Å²) in [6.07, 6.45) is 1.48. The number of halogens is 3. The summed E-state index contributed by atoms with van der Waals surface area (Å²) in [6.45, 7) is 0.629. The monoisotopic (exact) mass is 636 g/mol. The number of ether oxygens (including phenoxy) is 3. The molecule has 0 aliphatic heterocycles.